The SMILES string of the molecule is O=C1c2ccc(-c3cc(O)c4c(c3O)C(=O)c3ccccc3C4=O)c(O)c2C(=O)c2cccc(O)c21. The summed E-state index contributed by atoms with van der Waals surface area (Å²) in [7, 11) is 0. The van der Waals surface area contributed by atoms with E-state index in [0.717, 1.165) is 6.07 Å². The Balaban J connectivity index is 1.58. The van der Waals surface area contributed by atoms with E-state index in [1.54, 1.807) is 12.1 Å². The van der Waals surface area contributed by atoms with E-state index in [4.69, 9.17) is 0 Å². The quantitative estimate of drug-likeness (QED) is 0.261. The molecule has 8 heteroatoms. The van der Waals surface area contributed by atoms with E-state index in [1.807, 2.05) is 0 Å². The van der Waals surface area contributed by atoms with Crippen molar-refractivity contribution in [3.05, 3.63) is 105 Å². The molecular weight excluding hydrogens is 464 g/mol. The molecule has 0 fully saturated rings. The number of carbonyl (C=O) groups is 4. The summed E-state index contributed by atoms with van der Waals surface area (Å²) >= 11 is 0. The number of hydrogen-bond acceptors (Lipinski definition) is 8. The maximum atomic E-state index is 13.2. The zero-order chi connectivity index (χ0) is 25.5. The first kappa shape index (κ1) is 21.3. The van der Waals surface area contributed by atoms with Gasteiger partial charge in [-0.25, -0.2) is 0 Å². The van der Waals surface area contributed by atoms with Gasteiger partial charge in [0.15, 0.2) is 23.1 Å². The van der Waals surface area contributed by atoms with E-state index < -0.39 is 45.9 Å². The third-order valence-corrected chi connectivity index (χ3v) is 6.60. The van der Waals surface area contributed by atoms with E-state index >= 15 is 0 Å². The van der Waals surface area contributed by atoms with Crippen LogP contribution < -0.4 is 0 Å². The molecule has 8 nitrogen and oxygen atoms in total. The fourth-order valence-corrected chi connectivity index (χ4v) is 4.93. The van der Waals surface area contributed by atoms with Gasteiger partial charge in [-0.15, -0.1) is 0 Å². The first-order valence-corrected chi connectivity index (χ1v) is 10.8. The minimum Gasteiger partial charge on any atom is -0.507 e. The molecule has 0 spiro atoms. The van der Waals surface area contributed by atoms with Crippen LogP contribution in [0.15, 0.2) is 60.7 Å². The Morgan fingerprint density at radius 1 is 0.389 bits per heavy atom. The number of carbonyl (C=O) groups excluding carboxylic acids is 4. The predicted octanol–water partition coefficient (Wildman–Crippen LogP) is 3.73. The van der Waals surface area contributed by atoms with E-state index in [-0.39, 0.29) is 55.8 Å². The van der Waals surface area contributed by atoms with Crippen molar-refractivity contribution in [2.75, 3.05) is 0 Å². The van der Waals surface area contributed by atoms with Crippen LogP contribution in [0.1, 0.15) is 63.7 Å². The molecule has 0 atom stereocenters. The standard InChI is InChI=1S/C28H14O8/c29-17-7-3-6-14-19(17)26(34)15-9-8-13(23(31)20(15)27(14)35)16-10-18(30)21-22(28(16)36)25(33)12-5-2-1-4-11(12)24(21)32/h1-10,29-31,36H. The summed E-state index contributed by atoms with van der Waals surface area (Å²) in [6, 6.07) is 13.5. The lowest BCUT2D eigenvalue weighted by atomic mass is 9.79. The average Bonchev–Trinajstić information content (AvgIpc) is 2.87. The van der Waals surface area contributed by atoms with Gasteiger partial charge in [-0.05, 0) is 24.3 Å². The first-order valence-electron chi connectivity index (χ1n) is 10.8. The van der Waals surface area contributed by atoms with Gasteiger partial charge in [0, 0.05) is 33.4 Å². The van der Waals surface area contributed by atoms with Gasteiger partial charge < -0.3 is 20.4 Å². The normalized spacial score (nSPS) is 13.7. The summed E-state index contributed by atoms with van der Waals surface area (Å²) in [6.07, 6.45) is 0. The summed E-state index contributed by atoms with van der Waals surface area (Å²) < 4.78 is 0. The smallest absolute Gasteiger partial charge is 0.198 e. The Labute approximate surface area is 202 Å². The Hall–Kier alpha value is -5.24. The van der Waals surface area contributed by atoms with Crippen LogP contribution in [0.3, 0.4) is 0 Å². The van der Waals surface area contributed by atoms with Crippen molar-refractivity contribution in [3.63, 3.8) is 0 Å². The summed E-state index contributed by atoms with van der Waals surface area (Å²) in [4.78, 5) is 52.3. The van der Waals surface area contributed by atoms with Crippen molar-refractivity contribution in [3.8, 4) is 34.1 Å². The molecule has 4 aromatic carbocycles. The molecular formula is C28H14O8. The van der Waals surface area contributed by atoms with Crippen LogP contribution in [0.2, 0.25) is 0 Å². The predicted molar refractivity (Wildman–Crippen MR) is 125 cm³/mol. The average molecular weight is 478 g/mol. The van der Waals surface area contributed by atoms with Gasteiger partial charge in [-0.2, -0.15) is 0 Å². The van der Waals surface area contributed by atoms with Crippen LogP contribution in [0.5, 0.6) is 23.0 Å². The molecule has 0 bridgehead atoms. The summed E-state index contributed by atoms with van der Waals surface area (Å²) in [6.45, 7) is 0. The molecule has 0 saturated heterocycles. The molecule has 36 heavy (non-hydrogen) atoms. The lowest BCUT2D eigenvalue weighted by Crippen LogP contribution is -2.22. The van der Waals surface area contributed by atoms with Gasteiger partial charge in [0.1, 0.15) is 23.0 Å². The molecule has 0 amide bonds. The summed E-state index contributed by atoms with van der Waals surface area (Å²) in [5.74, 6) is -5.04. The van der Waals surface area contributed by atoms with Crippen LogP contribution in [0, 0.1) is 0 Å². The minimum absolute atomic E-state index is 0.0497. The largest absolute Gasteiger partial charge is 0.507 e. The lowest BCUT2D eigenvalue weighted by Gasteiger charge is -2.23. The van der Waals surface area contributed by atoms with Crippen molar-refractivity contribution in [1.82, 2.24) is 0 Å². The second-order valence-corrected chi connectivity index (χ2v) is 8.49. The van der Waals surface area contributed by atoms with Crippen LogP contribution in [0.25, 0.3) is 11.1 Å². The number of hydrogen-bond donors (Lipinski definition) is 4. The highest BCUT2D eigenvalue weighted by molar-refractivity contribution is 6.32. The summed E-state index contributed by atoms with van der Waals surface area (Å²) in [5, 5.41) is 43.0. The number of fused-ring (bicyclic) bond motifs is 4. The Bertz CT molecular complexity index is 1750. The molecule has 0 saturated carbocycles. The van der Waals surface area contributed by atoms with Gasteiger partial charge in [-0.3, -0.25) is 19.2 Å². The maximum absolute atomic E-state index is 13.2. The molecule has 4 N–H and O–H groups in total. The Morgan fingerprint density at radius 2 is 0.889 bits per heavy atom. The first-order chi connectivity index (χ1) is 17.2. The monoisotopic (exact) mass is 478 g/mol. The van der Waals surface area contributed by atoms with Crippen molar-refractivity contribution < 1.29 is 39.6 Å². The molecule has 0 aliphatic heterocycles. The Morgan fingerprint density at radius 3 is 1.58 bits per heavy atom. The van der Waals surface area contributed by atoms with Crippen molar-refractivity contribution in [2.45, 2.75) is 0 Å². The molecule has 0 aromatic heterocycles. The molecule has 6 rings (SSSR count). The van der Waals surface area contributed by atoms with Gasteiger partial charge in [-0.1, -0.05) is 36.4 Å². The minimum atomic E-state index is -0.725. The molecule has 174 valence electrons. The van der Waals surface area contributed by atoms with Crippen LogP contribution in [-0.4, -0.2) is 43.6 Å². The molecule has 2 aliphatic rings. The second kappa shape index (κ2) is 7.13. The van der Waals surface area contributed by atoms with Crippen LogP contribution in [-0.2, 0) is 0 Å². The molecule has 2 aliphatic carbocycles. The number of phenols is 4. The Kier molecular flexibility index (Phi) is 4.22. The van der Waals surface area contributed by atoms with E-state index in [2.05, 4.69) is 0 Å². The third kappa shape index (κ3) is 2.58. The van der Waals surface area contributed by atoms with Crippen molar-refractivity contribution >= 4 is 23.1 Å². The van der Waals surface area contributed by atoms with Crippen molar-refractivity contribution in [2.24, 2.45) is 0 Å². The zero-order valence-corrected chi connectivity index (χ0v) is 18.2. The topological polar surface area (TPSA) is 149 Å². The highest BCUT2D eigenvalue weighted by Crippen LogP contribution is 2.48. The number of rotatable bonds is 1. The molecule has 0 radical (unpaired) electrons. The van der Waals surface area contributed by atoms with Gasteiger partial charge >= 0.3 is 0 Å². The highest BCUT2D eigenvalue weighted by atomic mass is 16.3. The zero-order valence-electron chi connectivity index (χ0n) is 18.2. The number of phenolic OH excluding ortho intramolecular Hbond substituents is 4. The van der Waals surface area contributed by atoms with E-state index in [9.17, 15) is 39.6 Å². The lowest BCUT2D eigenvalue weighted by molar-refractivity contribution is 0.0974. The van der Waals surface area contributed by atoms with Crippen LogP contribution in [0.4, 0.5) is 0 Å². The molecule has 0 heterocycles. The fourth-order valence-electron chi connectivity index (χ4n) is 4.93. The van der Waals surface area contributed by atoms with Crippen molar-refractivity contribution in [1.29, 1.82) is 0 Å². The summed E-state index contributed by atoms with van der Waals surface area (Å²) in [5.41, 5.74) is -1.81. The van der Waals surface area contributed by atoms with E-state index in [1.165, 1.54) is 42.5 Å². The van der Waals surface area contributed by atoms with Gasteiger partial charge in [0.05, 0.1) is 22.3 Å². The fraction of sp³-hybridized carbons (Fsp3) is 0. The third-order valence-electron chi connectivity index (χ3n) is 6.60. The van der Waals surface area contributed by atoms with Gasteiger partial charge in [0.2, 0.25) is 0 Å². The number of ketones is 4. The number of aromatic hydroxyl groups is 4. The molecule has 4 aromatic rings. The van der Waals surface area contributed by atoms with E-state index in [0.29, 0.717) is 0 Å². The molecule has 0 unspecified atom stereocenters. The highest BCUT2D eigenvalue weighted by Gasteiger charge is 2.38. The van der Waals surface area contributed by atoms with Crippen LogP contribution >= 0.6 is 0 Å². The number of benzene rings is 4. The second-order valence-electron chi connectivity index (χ2n) is 8.49. The van der Waals surface area contributed by atoms with Gasteiger partial charge in [0.25, 0.3) is 0 Å². The maximum Gasteiger partial charge on any atom is 0.198 e.